The lowest BCUT2D eigenvalue weighted by molar-refractivity contribution is 0.211. The molecular weight excluding hydrogens is 288 g/mol. The second-order valence-corrected chi connectivity index (χ2v) is 6.10. The minimum atomic E-state index is -3.54. The van der Waals surface area contributed by atoms with Gasteiger partial charge in [-0.3, -0.25) is 4.72 Å². The van der Waals surface area contributed by atoms with Crippen molar-refractivity contribution in [1.82, 2.24) is 0 Å². The lowest BCUT2D eigenvalue weighted by Gasteiger charge is -2.10. The van der Waals surface area contributed by atoms with E-state index in [1.54, 1.807) is 49.6 Å². The Hall–Kier alpha value is -2.05. The van der Waals surface area contributed by atoms with Gasteiger partial charge >= 0.3 is 0 Å². The highest BCUT2D eigenvalue weighted by Gasteiger charge is 2.12. The molecule has 0 spiro atoms. The number of hydrogen-bond acceptors (Lipinski definition) is 4. The highest BCUT2D eigenvalue weighted by Crippen LogP contribution is 2.18. The summed E-state index contributed by atoms with van der Waals surface area (Å²) in [5, 5.41) is 3.17. The third-order valence-corrected chi connectivity index (χ3v) is 4.22. The fourth-order valence-corrected chi connectivity index (χ4v) is 2.85. The molecule has 0 fully saturated rings. The van der Waals surface area contributed by atoms with E-state index in [-0.39, 0.29) is 4.90 Å². The molecular formula is C15H18N2O3S. The number of nitrogens with one attached hydrogen (secondary N) is 2. The van der Waals surface area contributed by atoms with Gasteiger partial charge < -0.3 is 10.1 Å². The Morgan fingerprint density at radius 2 is 1.57 bits per heavy atom. The van der Waals surface area contributed by atoms with E-state index in [0.29, 0.717) is 18.8 Å². The Balaban J connectivity index is 2.03. The van der Waals surface area contributed by atoms with Crippen LogP contribution in [0.3, 0.4) is 0 Å². The Morgan fingerprint density at radius 3 is 2.19 bits per heavy atom. The fourth-order valence-electron chi connectivity index (χ4n) is 1.77. The first-order valence-corrected chi connectivity index (χ1v) is 8.01. The van der Waals surface area contributed by atoms with Crippen LogP contribution in [0.25, 0.3) is 0 Å². The quantitative estimate of drug-likeness (QED) is 0.771. The molecule has 112 valence electrons. The Labute approximate surface area is 125 Å². The standard InChI is InChI=1S/C15H18N2O3S/c1-20-12-11-16-13-7-9-14(10-8-13)17-21(18,19)15-5-3-2-4-6-15/h2-10,16-17H,11-12H2,1H3. The zero-order chi connectivity index (χ0) is 15.1. The van der Waals surface area contributed by atoms with E-state index in [1.165, 1.54) is 0 Å². The minimum absolute atomic E-state index is 0.243. The van der Waals surface area contributed by atoms with Crippen LogP contribution in [0, 0.1) is 0 Å². The van der Waals surface area contributed by atoms with E-state index >= 15 is 0 Å². The number of sulfonamides is 1. The average Bonchev–Trinajstić information content (AvgIpc) is 2.50. The van der Waals surface area contributed by atoms with Crippen molar-refractivity contribution < 1.29 is 13.2 Å². The van der Waals surface area contributed by atoms with E-state index in [4.69, 9.17) is 4.74 Å². The zero-order valence-corrected chi connectivity index (χ0v) is 12.6. The van der Waals surface area contributed by atoms with Crippen LogP contribution in [0.1, 0.15) is 0 Å². The van der Waals surface area contributed by atoms with Crippen LogP contribution >= 0.6 is 0 Å². The van der Waals surface area contributed by atoms with Crippen LogP contribution in [0.2, 0.25) is 0 Å². The summed E-state index contributed by atoms with van der Waals surface area (Å²) in [5.74, 6) is 0. The van der Waals surface area contributed by atoms with Gasteiger partial charge in [0.25, 0.3) is 10.0 Å². The molecule has 0 unspecified atom stereocenters. The van der Waals surface area contributed by atoms with Crippen molar-refractivity contribution in [2.45, 2.75) is 4.90 Å². The molecule has 0 atom stereocenters. The summed E-state index contributed by atoms with van der Waals surface area (Å²) in [4.78, 5) is 0.243. The lowest BCUT2D eigenvalue weighted by Crippen LogP contribution is -2.13. The summed E-state index contributed by atoms with van der Waals surface area (Å²) in [6, 6.07) is 15.3. The summed E-state index contributed by atoms with van der Waals surface area (Å²) >= 11 is 0. The molecule has 0 bridgehead atoms. The number of benzene rings is 2. The average molecular weight is 306 g/mol. The minimum Gasteiger partial charge on any atom is -0.383 e. The van der Waals surface area contributed by atoms with Gasteiger partial charge in [0.1, 0.15) is 0 Å². The SMILES string of the molecule is COCCNc1ccc(NS(=O)(=O)c2ccccc2)cc1. The summed E-state index contributed by atoms with van der Waals surface area (Å²) in [6.45, 7) is 1.31. The molecule has 0 saturated heterocycles. The molecule has 0 aliphatic rings. The normalized spacial score (nSPS) is 11.1. The van der Waals surface area contributed by atoms with Gasteiger partial charge in [-0.2, -0.15) is 0 Å². The molecule has 2 rings (SSSR count). The number of ether oxygens (including phenoxy) is 1. The molecule has 2 aromatic rings. The van der Waals surface area contributed by atoms with E-state index in [9.17, 15) is 8.42 Å². The van der Waals surface area contributed by atoms with Gasteiger partial charge in [-0.15, -0.1) is 0 Å². The van der Waals surface area contributed by atoms with Gasteiger partial charge in [-0.25, -0.2) is 8.42 Å². The maximum atomic E-state index is 12.2. The second kappa shape index (κ2) is 7.10. The second-order valence-electron chi connectivity index (χ2n) is 4.42. The fraction of sp³-hybridized carbons (Fsp3) is 0.200. The van der Waals surface area contributed by atoms with E-state index < -0.39 is 10.0 Å². The van der Waals surface area contributed by atoms with Crippen LogP contribution in [0.4, 0.5) is 11.4 Å². The van der Waals surface area contributed by atoms with Crippen molar-refractivity contribution in [3.05, 3.63) is 54.6 Å². The molecule has 2 aromatic carbocycles. The molecule has 0 amide bonds. The predicted molar refractivity (Wildman–Crippen MR) is 84.1 cm³/mol. The van der Waals surface area contributed by atoms with Gasteiger partial charge in [0.05, 0.1) is 11.5 Å². The lowest BCUT2D eigenvalue weighted by atomic mass is 10.3. The molecule has 0 heterocycles. The third-order valence-electron chi connectivity index (χ3n) is 2.83. The van der Waals surface area contributed by atoms with E-state index in [2.05, 4.69) is 10.0 Å². The Morgan fingerprint density at radius 1 is 0.952 bits per heavy atom. The van der Waals surface area contributed by atoms with Crippen molar-refractivity contribution in [2.75, 3.05) is 30.3 Å². The molecule has 2 N–H and O–H groups in total. The molecule has 0 aliphatic heterocycles. The van der Waals surface area contributed by atoms with Gasteiger partial charge in [0.15, 0.2) is 0 Å². The number of rotatable bonds is 7. The maximum Gasteiger partial charge on any atom is 0.261 e. The molecule has 0 radical (unpaired) electrons. The highest BCUT2D eigenvalue weighted by molar-refractivity contribution is 7.92. The largest absolute Gasteiger partial charge is 0.383 e. The molecule has 6 heteroatoms. The Kier molecular flexibility index (Phi) is 5.19. The van der Waals surface area contributed by atoms with Gasteiger partial charge in [-0.05, 0) is 36.4 Å². The van der Waals surface area contributed by atoms with Crippen LogP contribution < -0.4 is 10.0 Å². The van der Waals surface area contributed by atoms with Crippen LogP contribution in [0.5, 0.6) is 0 Å². The first-order valence-electron chi connectivity index (χ1n) is 6.52. The van der Waals surface area contributed by atoms with Crippen molar-refractivity contribution in [1.29, 1.82) is 0 Å². The van der Waals surface area contributed by atoms with Crippen LogP contribution in [0.15, 0.2) is 59.5 Å². The van der Waals surface area contributed by atoms with Crippen molar-refractivity contribution in [2.24, 2.45) is 0 Å². The molecule has 0 aromatic heterocycles. The monoisotopic (exact) mass is 306 g/mol. The molecule has 0 saturated carbocycles. The highest BCUT2D eigenvalue weighted by atomic mass is 32.2. The van der Waals surface area contributed by atoms with Gasteiger partial charge in [-0.1, -0.05) is 18.2 Å². The Bertz CT molecular complexity index is 655. The third kappa shape index (κ3) is 4.47. The zero-order valence-electron chi connectivity index (χ0n) is 11.7. The summed E-state index contributed by atoms with van der Waals surface area (Å²) in [7, 11) is -1.90. The molecule has 5 nitrogen and oxygen atoms in total. The maximum absolute atomic E-state index is 12.2. The van der Waals surface area contributed by atoms with Crippen molar-refractivity contribution >= 4 is 21.4 Å². The van der Waals surface area contributed by atoms with Gasteiger partial charge in [0, 0.05) is 25.0 Å². The van der Waals surface area contributed by atoms with Crippen LogP contribution in [-0.2, 0) is 14.8 Å². The summed E-state index contributed by atoms with van der Waals surface area (Å²) in [6.07, 6.45) is 0. The first-order chi connectivity index (χ1) is 10.1. The van der Waals surface area contributed by atoms with E-state index in [0.717, 1.165) is 5.69 Å². The van der Waals surface area contributed by atoms with Crippen molar-refractivity contribution in [3.63, 3.8) is 0 Å². The first kappa shape index (κ1) is 15.3. The number of anilines is 2. The van der Waals surface area contributed by atoms with Crippen molar-refractivity contribution in [3.8, 4) is 0 Å². The molecule has 0 aliphatic carbocycles. The van der Waals surface area contributed by atoms with E-state index in [1.807, 2.05) is 12.1 Å². The smallest absolute Gasteiger partial charge is 0.261 e. The summed E-state index contributed by atoms with van der Waals surface area (Å²) in [5.41, 5.74) is 1.44. The van der Waals surface area contributed by atoms with Crippen LogP contribution in [-0.4, -0.2) is 28.7 Å². The number of hydrogen-bond donors (Lipinski definition) is 2. The molecule has 21 heavy (non-hydrogen) atoms. The number of methoxy groups -OCH3 is 1. The van der Waals surface area contributed by atoms with Gasteiger partial charge in [0.2, 0.25) is 0 Å². The predicted octanol–water partition coefficient (Wildman–Crippen LogP) is 2.55. The topological polar surface area (TPSA) is 67.4 Å². The summed E-state index contributed by atoms with van der Waals surface area (Å²) < 4.78 is 31.8.